The van der Waals surface area contributed by atoms with E-state index in [9.17, 15) is 9.18 Å². The number of furan rings is 1. The van der Waals surface area contributed by atoms with Gasteiger partial charge in [0.05, 0.1) is 29.5 Å². The highest BCUT2D eigenvalue weighted by Gasteiger charge is 2.25. The van der Waals surface area contributed by atoms with Crippen molar-refractivity contribution in [3.05, 3.63) is 84.1 Å². The normalized spacial score (nSPS) is 11.2. The molecule has 0 aliphatic heterocycles. The molecular weight excluding hydrogens is 385 g/mol. The minimum absolute atomic E-state index is 0.128. The lowest BCUT2D eigenvalue weighted by atomic mass is 10.2. The maximum absolute atomic E-state index is 13.9. The molecule has 3 N–H and O–H groups in total. The Labute approximate surface area is 170 Å². The molecule has 8 heteroatoms. The fourth-order valence-electron chi connectivity index (χ4n) is 3.43. The first-order chi connectivity index (χ1) is 14.6. The minimum Gasteiger partial charge on any atom is -0.467 e. The third kappa shape index (κ3) is 2.95. The number of rotatable bonds is 4. The number of nitrogens with zero attached hydrogens (tertiary/aromatic N) is 3. The third-order valence-electron chi connectivity index (χ3n) is 4.79. The molecule has 0 atom stereocenters. The van der Waals surface area contributed by atoms with Crippen LogP contribution in [-0.4, -0.2) is 20.4 Å². The minimum atomic E-state index is -0.425. The number of carbonyl (C=O) groups excluding carboxylic acids is 1. The van der Waals surface area contributed by atoms with Crippen molar-refractivity contribution in [2.45, 2.75) is 6.54 Å². The molecule has 0 radical (unpaired) electrons. The Morgan fingerprint density at radius 2 is 1.87 bits per heavy atom. The predicted molar refractivity (Wildman–Crippen MR) is 111 cm³/mol. The number of nitrogens with two attached hydrogens (primary N) is 1. The topological polar surface area (TPSA) is 99.0 Å². The first-order valence-electron chi connectivity index (χ1n) is 9.25. The van der Waals surface area contributed by atoms with E-state index >= 15 is 0 Å². The zero-order valence-electron chi connectivity index (χ0n) is 15.7. The smallest absolute Gasteiger partial charge is 0.257 e. The van der Waals surface area contributed by atoms with E-state index in [0.29, 0.717) is 33.6 Å². The highest BCUT2D eigenvalue weighted by Crippen LogP contribution is 2.31. The Hall–Kier alpha value is -4.20. The molecule has 7 nitrogen and oxygen atoms in total. The average molecular weight is 401 g/mol. The maximum atomic E-state index is 13.9. The molecule has 0 aliphatic rings. The summed E-state index contributed by atoms with van der Waals surface area (Å²) in [5.41, 5.74) is 9.00. The number of amides is 1. The standard InChI is InChI=1S/C22H16FN5O2/c23-13-5-3-6-14(11-13)28-20(24)18(22(29)25-12-15-7-4-10-30-15)19-21(28)27-17-9-2-1-8-16(17)26-19/h1-11H,12,24H2,(H,25,29). The van der Waals surface area contributed by atoms with Crippen molar-refractivity contribution in [3.8, 4) is 5.69 Å². The molecule has 3 heterocycles. The Morgan fingerprint density at radius 3 is 2.60 bits per heavy atom. The monoisotopic (exact) mass is 401 g/mol. The molecule has 5 rings (SSSR count). The van der Waals surface area contributed by atoms with Gasteiger partial charge in [-0.05, 0) is 42.5 Å². The molecule has 0 aliphatic carbocycles. The summed E-state index contributed by atoms with van der Waals surface area (Å²) in [7, 11) is 0. The van der Waals surface area contributed by atoms with E-state index in [0.717, 1.165) is 0 Å². The summed E-state index contributed by atoms with van der Waals surface area (Å²) in [6.07, 6.45) is 1.53. The number of anilines is 1. The molecule has 3 aromatic heterocycles. The van der Waals surface area contributed by atoms with Crippen molar-refractivity contribution in [2.24, 2.45) is 0 Å². The fraction of sp³-hybridized carbons (Fsp3) is 0.0455. The van der Waals surface area contributed by atoms with Crippen LogP contribution < -0.4 is 11.1 Å². The van der Waals surface area contributed by atoms with Gasteiger partial charge in [0.2, 0.25) is 0 Å². The molecule has 0 unspecified atom stereocenters. The number of para-hydroxylation sites is 2. The summed E-state index contributed by atoms with van der Waals surface area (Å²) in [5, 5.41) is 2.79. The second-order valence-corrected chi connectivity index (χ2v) is 6.72. The number of hydrogen-bond acceptors (Lipinski definition) is 5. The van der Waals surface area contributed by atoms with Crippen molar-refractivity contribution >= 4 is 33.9 Å². The molecule has 0 saturated carbocycles. The number of halogens is 1. The molecule has 1 amide bonds. The molecule has 2 aromatic carbocycles. The zero-order valence-corrected chi connectivity index (χ0v) is 15.7. The number of hydrogen-bond donors (Lipinski definition) is 2. The van der Waals surface area contributed by atoms with Gasteiger partial charge in [-0.15, -0.1) is 0 Å². The molecular formula is C22H16FN5O2. The van der Waals surface area contributed by atoms with Crippen LogP contribution in [0.15, 0.2) is 71.3 Å². The summed E-state index contributed by atoms with van der Waals surface area (Å²) < 4.78 is 20.7. The van der Waals surface area contributed by atoms with E-state index in [1.807, 2.05) is 24.3 Å². The molecule has 30 heavy (non-hydrogen) atoms. The summed E-state index contributed by atoms with van der Waals surface area (Å²) in [5.74, 6) is -0.116. The summed E-state index contributed by atoms with van der Waals surface area (Å²) in [6, 6.07) is 16.7. The maximum Gasteiger partial charge on any atom is 0.257 e. The van der Waals surface area contributed by atoms with Crippen LogP contribution in [0.3, 0.4) is 0 Å². The van der Waals surface area contributed by atoms with Gasteiger partial charge in [0.25, 0.3) is 5.91 Å². The Bertz CT molecular complexity index is 1390. The van der Waals surface area contributed by atoms with Crippen molar-refractivity contribution in [1.82, 2.24) is 19.9 Å². The van der Waals surface area contributed by atoms with Crippen LogP contribution in [0.4, 0.5) is 10.2 Å². The first-order valence-corrected chi connectivity index (χ1v) is 9.25. The van der Waals surface area contributed by atoms with E-state index in [4.69, 9.17) is 10.2 Å². The average Bonchev–Trinajstić information content (AvgIpc) is 3.35. The fourth-order valence-corrected chi connectivity index (χ4v) is 3.43. The van der Waals surface area contributed by atoms with E-state index < -0.39 is 11.7 Å². The van der Waals surface area contributed by atoms with Crippen molar-refractivity contribution in [2.75, 3.05) is 5.73 Å². The second-order valence-electron chi connectivity index (χ2n) is 6.72. The van der Waals surface area contributed by atoms with Crippen LogP contribution in [0.1, 0.15) is 16.1 Å². The van der Waals surface area contributed by atoms with E-state index in [1.165, 1.54) is 18.4 Å². The Morgan fingerprint density at radius 1 is 1.07 bits per heavy atom. The first kappa shape index (κ1) is 17.9. The number of carbonyl (C=O) groups is 1. The lowest BCUT2D eigenvalue weighted by Crippen LogP contribution is -2.23. The summed E-state index contributed by atoms with van der Waals surface area (Å²) in [6.45, 7) is 0.193. The zero-order chi connectivity index (χ0) is 20.7. The van der Waals surface area contributed by atoms with Gasteiger partial charge in [-0.2, -0.15) is 0 Å². The van der Waals surface area contributed by atoms with Crippen LogP contribution >= 0.6 is 0 Å². The van der Waals surface area contributed by atoms with Crippen LogP contribution in [-0.2, 0) is 6.54 Å². The van der Waals surface area contributed by atoms with Crippen LogP contribution in [0.2, 0.25) is 0 Å². The van der Waals surface area contributed by atoms with Crippen molar-refractivity contribution in [3.63, 3.8) is 0 Å². The molecule has 0 spiro atoms. The Balaban J connectivity index is 1.71. The third-order valence-corrected chi connectivity index (χ3v) is 4.79. The van der Waals surface area contributed by atoms with Gasteiger partial charge in [-0.25, -0.2) is 14.4 Å². The quantitative estimate of drug-likeness (QED) is 0.477. The number of fused-ring (bicyclic) bond motifs is 2. The summed E-state index contributed by atoms with van der Waals surface area (Å²) >= 11 is 0. The number of benzene rings is 2. The van der Waals surface area contributed by atoms with Crippen molar-refractivity contribution in [1.29, 1.82) is 0 Å². The molecule has 0 fully saturated rings. The number of nitrogen functional groups attached to an aromatic ring is 1. The lowest BCUT2D eigenvalue weighted by Gasteiger charge is -2.08. The van der Waals surface area contributed by atoms with E-state index in [-0.39, 0.29) is 17.9 Å². The second kappa shape index (κ2) is 7.00. The van der Waals surface area contributed by atoms with Crippen LogP contribution in [0.5, 0.6) is 0 Å². The number of nitrogens with one attached hydrogen (secondary N) is 1. The van der Waals surface area contributed by atoms with Crippen LogP contribution in [0, 0.1) is 5.82 Å². The molecule has 0 bridgehead atoms. The van der Waals surface area contributed by atoms with Gasteiger partial charge in [-0.1, -0.05) is 18.2 Å². The lowest BCUT2D eigenvalue weighted by molar-refractivity contribution is 0.0950. The van der Waals surface area contributed by atoms with Gasteiger partial charge < -0.3 is 15.5 Å². The highest BCUT2D eigenvalue weighted by molar-refractivity contribution is 6.11. The van der Waals surface area contributed by atoms with E-state index in [2.05, 4.69) is 15.3 Å². The molecule has 0 saturated heterocycles. The number of aromatic nitrogens is 3. The van der Waals surface area contributed by atoms with Gasteiger partial charge in [0.15, 0.2) is 5.65 Å². The van der Waals surface area contributed by atoms with Gasteiger partial charge in [0, 0.05) is 0 Å². The predicted octanol–water partition coefficient (Wildman–Crippen LogP) is 3.82. The van der Waals surface area contributed by atoms with Crippen LogP contribution in [0.25, 0.3) is 27.9 Å². The van der Waals surface area contributed by atoms with Crippen molar-refractivity contribution < 1.29 is 13.6 Å². The molecule has 148 valence electrons. The molecule has 5 aromatic rings. The SMILES string of the molecule is Nc1c(C(=O)NCc2ccco2)c2nc3ccccc3nc2n1-c1cccc(F)c1. The van der Waals surface area contributed by atoms with Gasteiger partial charge in [0.1, 0.15) is 28.5 Å². The van der Waals surface area contributed by atoms with E-state index in [1.54, 1.807) is 28.8 Å². The Kier molecular flexibility index (Phi) is 4.17. The van der Waals surface area contributed by atoms with Gasteiger partial charge in [-0.3, -0.25) is 9.36 Å². The van der Waals surface area contributed by atoms with Gasteiger partial charge >= 0.3 is 0 Å². The summed E-state index contributed by atoms with van der Waals surface area (Å²) in [4.78, 5) is 22.3. The largest absolute Gasteiger partial charge is 0.467 e. The highest BCUT2D eigenvalue weighted by atomic mass is 19.1.